The van der Waals surface area contributed by atoms with Crippen molar-refractivity contribution >= 4 is 41.8 Å². The highest BCUT2D eigenvalue weighted by Gasteiger charge is 2.44. The number of benzene rings is 3. The highest BCUT2D eigenvalue weighted by Crippen LogP contribution is 2.39. The molecule has 0 radical (unpaired) electrons. The quantitative estimate of drug-likeness (QED) is 0.0765. The summed E-state index contributed by atoms with van der Waals surface area (Å²) in [6.07, 6.45) is 5.89. The molecule has 1 aliphatic rings. The monoisotopic (exact) mass is 1110 g/mol. The smallest absolute Gasteiger partial charge is 0.337 e. The van der Waals surface area contributed by atoms with Gasteiger partial charge in [-0.15, -0.1) is 0 Å². The normalized spacial score (nSPS) is 15.1. The molecule has 1 saturated heterocycles. The summed E-state index contributed by atoms with van der Waals surface area (Å²) in [7, 11) is 5.40. The first kappa shape index (κ1) is 72.9. The van der Waals surface area contributed by atoms with Crippen LogP contribution in [0.4, 0.5) is 0 Å². The molecule has 444 valence electrons. The second-order valence-corrected chi connectivity index (χ2v) is 22.5. The van der Waals surface area contributed by atoms with E-state index in [9.17, 15) is 33.6 Å². The molecule has 1 aliphatic heterocycles. The van der Waals surface area contributed by atoms with Crippen LogP contribution in [0.25, 0.3) is 0 Å². The highest BCUT2D eigenvalue weighted by molar-refractivity contribution is 5.89. The fraction of sp³-hybridized carbons (Fsp3) is 0.609. The predicted octanol–water partition coefficient (Wildman–Crippen LogP) is 13.7. The van der Waals surface area contributed by atoms with Crippen LogP contribution in [0.2, 0.25) is 0 Å². The van der Waals surface area contributed by atoms with Gasteiger partial charge in [-0.1, -0.05) is 121 Å². The van der Waals surface area contributed by atoms with Gasteiger partial charge in [0.05, 0.1) is 74.1 Å². The number of hydrogen-bond donors (Lipinski definition) is 0. The minimum atomic E-state index is -0.808. The average Bonchev–Trinajstić information content (AvgIpc) is 3.46. The Morgan fingerprint density at radius 1 is 0.557 bits per heavy atom. The molecule has 0 amide bonds. The maximum atomic E-state index is 12.8. The predicted molar refractivity (Wildman–Crippen MR) is 307 cm³/mol. The van der Waals surface area contributed by atoms with Gasteiger partial charge in [0, 0.05) is 6.42 Å². The Morgan fingerprint density at radius 2 is 1.05 bits per heavy atom. The van der Waals surface area contributed by atoms with Crippen molar-refractivity contribution in [1.82, 2.24) is 0 Å². The zero-order chi connectivity index (χ0) is 60.8. The van der Waals surface area contributed by atoms with Crippen LogP contribution in [0, 0.1) is 33.5 Å². The molecule has 5 unspecified atom stereocenters. The molecule has 3 aromatic rings. The molecule has 0 spiro atoms. The molecule has 0 aromatic heterocycles. The van der Waals surface area contributed by atoms with E-state index in [4.69, 9.17) is 18.9 Å². The number of carbonyl (C=O) groups is 7. The Balaban J connectivity index is 0.00000102. The lowest BCUT2D eigenvalue weighted by atomic mass is 9.72. The first-order valence-corrected chi connectivity index (χ1v) is 27.6. The van der Waals surface area contributed by atoms with Gasteiger partial charge in [0.2, 0.25) is 6.29 Å². The van der Waals surface area contributed by atoms with Gasteiger partial charge in [-0.05, 0) is 142 Å². The van der Waals surface area contributed by atoms with Crippen molar-refractivity contribution in [1.29, 1.82) is 0 Å². The molecule has 79 heavy (non-hydrogen) atoms. The van der Waals surface area contributed by atoms with Gasteiger partial charge >= 0.3 is 41.8 Å². The van der Waals surface area contributed by atoms with E-state index in [-0.39, 0.29) is 41.9 Å². The summed E-state index contributed by atoms with van der Waals surface area (Å²) in [5, 5.41) is 0. The molecular weight excluding hydrogens is 1010 g/mol. The summed E-state index contributed by atoms with van der Waals surface area (Å²) in [4.78, 5) is 81.4. The zero-order valence-corrected chi connectivity index (χ0v) is 51.6. The van der Waals surface area contributed by atoms with E-state index in [0.717, 1.165) is 49.7 Å². The van der Waals surface area contributed by atoms with Gasteiger partial charge in [0.15, 0.2) is 0 Å². The summed E-state index contributed by atoms with van der Waals surface area (Å²) in [5.41, 5.74) is 0.950. The fourth-order valence-electron chi connectivity index (χ4n) is 7.28. The number of rotatable bonds is 20. The molecule has 0 saturated carbocycles. The van der Waals surface area contributed by atoms with E-state index < -0.39 is 51.9 Å². The van der Waals surface area contributed by atoms with Crippen molar-refractivity contribution < 1.29 is 71.5 Å². The first-order valence-electron chi connectivity index (χ1n) is 27.6. The van der Waals surface area contributed by atoms with Crippen molar-refractivity contribution in [3.05, 3.63) is 107 Å². The molecule has 0 bridgehead atoms. The molecule has 0 N–H and O–H groups in total. The Morgan fingerprint density at radius 3 is 1.46 bits per heavy atom. The van der Waals surface area contributed by atoms with E-state index in [0.29, 0.717) is 30.9 Å². The zero-order valence-electron chi connectivity index (χ0n) is 51.6. The van der Waals surface area contributed by atoms with Gasteiger partial charge in [0.25, 0.3) is 0 Å². The molecule has 3 aromatic carbocycles. The maximum absolute atomic E-state index is 12.8. The standard InChI is InChI=1S/C22H32O5.C15H22O2.C12H16O2.C8H14O4.C7H14O2/c1-5-22(4,20(24)26-15-17-11-7-6-8-12-17)16-21(2,3)19(23)27-18-13-9-10-14-25-18;1-6-14(2,3)13(16)17-15(4,5)12-10-8-7-9-11-12;1-4-9(2)10-5-7-11(8-6-10)12(13)14-3;1-5(7(9)11-3)6(2)8(10)12-4;1-5-7(2,3)6(8)9-4/h6-8,11-12,18H,5,9-10,13-16H2,1-4H3;7-11H,6H2,1-5H3;5-9H,4H2,1-3H3;5-6H,1-4H3;5H2,1-4H3. The van der Waals surface area contributed by atoms with Crippen LogP contribution in [0.1, 0.15) is 195 Å². The summed E-state index contributed by atoms with van der Waals surface area (Å²) in [6, 6.07) is 27.0. The Kier molecular flexibility index (Phi) is 32.8. The van der Waals surface area contributed by atoms with E-state index in [1.807, 2.05) is 168 Å². The van der Waals surface area contributed by atoms with Gasteiger partial charge in [-0.3, -0.25) is 28.8 Å². The van der Waals surface area contributed by atoms with Gasteiger partial charge in [-0.2, -0.15) is 0 Å². The second-order valence-electron chi connectivity index (χ2n) is 22.5. The highest BCUT2D eigenvalue weighted by atomic mass is 16.7. The Labute approximate surface area is 473 Å². The van der Waals surface area contributed by atoms with Crippen LogP contribution < -0.4 is 0 Å². The van der Waals surface area contributed by atoms with Crippen molar-refractivity contribution in [2.45, 2.75) is 187 Å². The Bertz CT molecular complexity index is 2260. The topological polar surface area (TPSA) is 193 Å². The van der Waals surface area contributed by atoms with E-state index in [2.05, 4.69) is 32.8 Å². The van der Waals surface area contributed by atoms with Crippen LogP contribution in [0.3, 0.4) is 0 Å². The third-order valence-electron chi connectivity index (χ3n) is 14.5. The van der Waals surface area contributed by atoms with Gasteiger partial charge in [0.1, 0.15) is 12.2 Å². The summed E-state index contributed by atoms with van der Waals surface area (Å²) in [6.45, 7) is 31.3. The maximum Gasteiger partial charge on any atom is 0.337 e. The molecule has 0 aliphatic carbocycles. The summed E-state index contributed by atoms with van der Waals surface area (Å²) < 4.78 is 40.4. The van der Waals surface area contributed by atoms with Crippen LogP contribution in [0.5, 0.6) is 0 Å². The number of carbonyl (C=O) groups excluding carboxylic acids is 7. The number of ether oxygens (including phenoxy) is 8. The fourth-order valence-corrected chi connectivity index (χ4v) is 7.28. The van der Waals surface area contributed by atoms with Crippen molar-refractivity contribution in [2.24, 2.45) is 33.5 Å². The lowest BCUT2D eigenvalue weighted by Crippen LogP contribution is -2.40. The molecule has 15 nitrogen and oxygen atoms in total. The van der Waals surface area contributed by atoms with E-state index in [1.54, 1.807) is 13.8 Å². The van der Waals surface area contributed by atoms with Gasteiger partial charge < -0.3 is 37.9 Å². The van der Waals surface area contributed by atoms with Crippen molar-refractivity contribution in [2.75, 3.05) is 35.0 Å². The lowest BCUT2D eigenvalue weighted by molar-refractivity contribution is -0.198. The van der Waals surface area contributed by atoms with E-state index >= 15 is 0 Å². The van der Waals surface area contributed by atoms with Crippen molar-refractivity contribution in [3.8, 4) is 0 Å². The summed E-state index contributed by atoms with van der Waals surface area (Å²) in [5.74, 6) is -2.33. The molecule has 1 fully saturated rings. The van der Waals surface area contributed by atoms with Crippen LogP contribution in [-0.2, 0) is 78.9 Å². The lowest BCUT2D eigenvalue weighted by Gasteiger charge is -2.35. The second kappa shape index (κ2) is 35.5. The minimum absolute atomic E-state index is 0.134. The average molecular weight is 1110 g/mol. The SMILES string of the molecule is CCC(C)(C)C(=O)OC.CCC(C)(C)C(=O)OC(C)(C)c1ccccc1.CCC(C)(CC(C)(C)C(=O)OC1CCCCO1)C(=O)OCc1ccccc1.CCC(C)c1ccc(C(=O)OC)cc1.COC(=O)C(C)C(C)C(=O)OC. The molecular formula is C64H98O15. The number of esters is 7. The molecule has 15 heteroatoms. The van der Waals surface area contributed by atoms with Crippen LogP contribution >= 0.6 is 0 Å². The molecule has 5 atom stereocenters. The minimum Gasteiger partial charge on any atom is -0.469 e. The molecule has 4 rings (SSSR count). The third-order valence-corrected chi connectivity index (χ3v) is 14.5. The number of hydrogen-bond acceptors (Lipinski definition) is 15. The van der Waals surface area contributed by atoms with Crippen LogP contribution in [0.15, 0.2) is 84.9 Å². The number of methoxy groups -OCH3 is 4. The molecule has 1 heterocycles. The summed E-state index contributed by atoms with van der Waals surface area (Å²) >= 11 is 0. The van der Waals surface area contributed by atoms with Crippen LogP contribution in [-0.4, -0.2) is 83.1 Å². The largest absolute Gasteiger partial charge is 0.469 e. The van der Waals surface area contributed by atoms with Crippen molar-refractivity contribution in [3.63, 3.8) is 0 Å². The van der Waals surface area contributed by atoms with Gasteiger partial charge in [-0.25, -0.2) is 4.79 Å². The first-order chi connectivity index (χ1) is 36.8. The van der Waals surface area contributed by atoms with E-state index in [1.165, 1.54) is 34.0 Å². The third kappa shape index (κ3) is 25.7. The Hall–Kier alpha value is -6.09.